The van der Waals surface area contributed by atoms with E-state index in [0.29, 0.717) is 31.9 Å². The minimum atomic E-state index is -4.50. The summed E-state index contributed by atoms with van der Waals surface area (Å²) in [6.45, 7) is 2.05. The van der Waals surface area contributed by atoms with E-state index in [2.05, 4.69) is 0 Å². The first-order valence-electron chi connectivity index (χ1n) is 10.0. The Labute approximate surface area is 177 Å². The zero-order chi connectivity index (χ0) is 22.2. The molecule has 31 heavy (non-hydrogen) atoms. The molecule has 2 fully saturated rings. The number of piperazine rings is 1. The van der Waals surface area contributed by atoms with Gasteiger partial charge in [0, 0.05) is 44.8 Å². The molecule has 4 rings (SSSR count). The SMILES string of the molecule is O=C([C@@H]1CC(=O)N(c2cccc(C(F)(F)F)c2)C1)N1CCN(c2ccccc2O)CC1. The molecule has 0 saturated carbocycles. The van der Waals surface area contributed by atoms with Gasteiger partial charge in [0.1, 0.15) is 5.75 Å². The Hall–Kier alpha value is -3.23. The third-order valence-corrected chi connectivity index (χ3v) is 5.77. The zero-order valence-electron chi connectivity index (χ0n) is 16.7. The summed E-state index contributed by atoms with van der Waals surface area (Å²) in [5.74, 6) is -0.926. The summed E-state index contributed by atoms with van der Waals surface area (Å²) < 4.78 is 39.0. The number of carbonyl (C=O) groups excluding carboxylic acids is 2. The van der Waals surface area contributed by atoms with E-state index in [4.69, 9.17) is 0 Å². The molecule has 0 bridgehead atoms. The van der Waals surface area contributed by atoms with Crippen molar-refractivity contribution in [2.45, 2.75) is 12.6 Å². The van der Waals surface area contributed by atoms with Gasteiger partial charge in [0.2, 0.25) is 11.8 Å². The number of alkyl halides is 3. The summed E-state index contributed by atoms with van der Waals surface area (Å²) in [4.78, 5) is 30.3. The maximum absolute atomic E-state index is 13.0. The molecule has 6 nitrogen and oxygen atoms in total. The van der Waals surface area contributed by atoms with Gasteiger partial charge in [-0.1, -0.05) is 18.2 Å². The van der Waals surface area contributed by atoms with Crippen molar-refractivity contribution >= 4 is 23.2 Å². The topological polar surface area (TPSA) is 64.1 Å². The highest BCUT2D eigenvalue weighted by molar-refractivity contribution is 6.00. The fourth-order valence-corrected chi connectivity index (χ4v) is 4.13. The Morgan fingerprint density at radius 2 is 1.71 bits per heavy atom. The number of amides is 2. The third-order valence-electron chi connectivity index (χ3n) is 5.77. The van der Waals surface area contributed by atoms with Gasteiger partial charge in [0.05, 0.1) is 17.2 Å². The van der Waals surface area contributed by atoms with Crippen molar-refractivity contribution in [2.24, 2.45) is 5.92 Å². The van der Waals surface area contributed by atoms with E-state index in [9.17, 15) is 27.9 Å². The molecule has 2 aromatic carbocycles. The number of halogens is 3. The fourth-order valence-electron chi connectivity index (χ4n) is 4.13. The molecule has 2 saturated heterocycles. The van der Waals surface area contributed by atoms with Crippen LogP contribution in [0.15, 0.2) is 48.5 Å². The lowest BCUT2D eigenvalue weighted by Gasteiger charge is -2.37. The van der Waals surface area contributed by atoms with E-state index < -0.39 is 17.7 Å². The summed E-state index contributed by atoms with van der Waals surface area (Å²) in [5.41, 5.74) is 0.0359. The monoisotopic (exact) mass is 433 g/mol. The minimum Gasteiger partial charge on any atom is -0.506 e. The number of rotatable bonds is 3. The molecule has 0 spiro atoms. The van der Waals surface area contributed by atoms with Crippen molar-refractivity contribution in [3.63, 3.8) is 0 Å². The summed E-state index contributed by atoms with van der Waals surface area (Å²) in [6.07, 6.45) is -4.52. The van der Waals surface area contributed by atoms with Gasteiger partial charge < -0.3 is 19.8 Å². The third kappa shape index (κ3) is 4.30. The van der Waals surface area contributed by atoms with Crippen molar-refractivity contribution < 1.29 is 27.9 Å². The van der Waals surface area contributed by atoms with Gasteiger partial charge in [-0.05, 0) is 30.3 Å². The van der Waals surface area contributed by atoms with Gasteiger partial charge in [0.15, 0.2) is 0 Å². The highest BCUT2D eigenvalue weighted by Crippen LogP contribution is 2.34. The van der Waals surface area contributed by atoms with Crippen LogP contribution in [0.4, 0.5) is 24.5 Å². The Morgan fingerprint density at radius 1 is 1.00 bits per heavy atom. The first kappa shape index (κ1) is 21.0. The van der Waals surface area contributed by atoms with E-state index in [1.807, 2.05) is 17.0 Å². The fraction of sp³-hybridized carbons (Fsp3) is 0.364. The van der Waals surface area contributed by atoms with Gasteiger partial charge >= 0.3 is 6.18 Å². The lowest BCUT2D eigenvalue weighted by Crippen LogP contribution is -2.50. The standard InChI is InChI=1S/C22H22F3N3O3/c23-22(24,25)16-4-3-5-17(13-16)28-14-15(12-20(28)30)21(31)27-10-8-26(9-11-27)18-6-1-2-7-19(18)29/h1-7,13,15,29H,8-12,14H2/t15-/m1/s1. The number of nitrogens with zero attached hydrogens (tertiary/aromatic N) is 3. The van der Waals surface area contributed by atoms with E-state index in [-0.39, 0.29) is 36.2 Å². The predicted octanol–water partition coefficient (Wildman–Crippen LogP) is 3.11. The molecule has 2 heterocycles. The van der Waals surface area contributed by atoms with Crippen LogP contribution in [0.2, 0.25) is 0 Å². The first-order valence-corrected chi connectivity index (χ1v) is 10.0. The number of benzene rings is 2. The van der Waals surface area contributed by atoms with Crippen LogP contribution in [0.25, 0.3) is 0 Å². The highest BCUT2D eigenvalue weighted by atomic mass is 19.4. The second kappa shape index (κ2) is 8.13. The Kier molecular flexibility index (Phi) is 5.51. The number of phenols is 1. The smallest absolute Gasteiger partial charge is 0.416 e. The summed E-state index contributed by atoms with van der Waals surface area (Å²) in [5, 5.41) is 10.0. The number of carbonyl (C=O) groups is 2. The molecule has 2 amide bonds. The maximum atomic E-state index is 13.0. The number of phenolic OH excluding ortho intramolecular Hbond substituents is 1. The highest BCUT2D eigenvalue weighted by Gasteiger charge is 2.39. The van der Waals surface area contributed by atoms with Gasteiger partial charge in [-0.2, -0.15) is 13.2 Å². The first-order chi connectivity index (χ1) is 14.7. The molecule has 1 N–H and O–H groups in total. The van der Waals surface area contributed by atoms with Gasteiger partial charge in [-0.15, -0.1) is 0 Å². The molecule has 0 unspecified atom stereocenters. The van der Waals surface area contributed by atoms with Crippen LogP contribution < -0.4 is 9.80 Å². The molecule has 164 valence electrons. The van der Waals surface area contributed by atoms with Gasteiger partial charge in [-0.25, -0.2) is 0 Å². The normalized spacial score (nSPS) is 19.8. The number of hydrogen-bond donors (Lipinski definition) is 1. The summed E-state index contributed by atoms with van der Waals surface area (Å²) >= 11 is 0. The van der Waals surface area contributed by atoms with Crippen LogP contribution in [-0.4, -0.2) is 54.5 Å². The molecular formula is C22H22F3N3O3. The van der Waals surface area contributed by atoms with Crippen LogP contribution in [0, 0.1) is 5.92 Å². The van der Waals surface area contributed by atoms with Crippen molar-refractivity contribution in [3.8, 4) is 5.75 Å². The number of para-hydroxylation sites is 2. The Balaban J connectivity index is 1.40. The molecule has 2 aromatic rings. The quantitative estimate of drug-likeness (QED) is 0.808. The van der Waals surface area contributed by atoms with Crippen LogP contribution in [0.3, 0.4) is 0 Å². The maximum Gasteiger partial charge on any atom is 0.416 e. The zero-order valence-corrected chi connectivity index (χ0v) is 16.7. The van der Waals surface area contributed by atoms with Gasteiger partial charge in [-0.3, -0.25) is 9.59 Å². The van der Waals surface area contributed by atoms with Crippen LogP contribution >= 0.6 is 0 Å². The average molecular weight is 433 g/mol. The van der Waals surface area contributed by atoms with E-state index in [1.165, 1.54) is 17.0 Å². The minimum absolute atomic E-state index is 0.0191. The van der Waals surface area contributed by atoms with E-state index >= 15 is 0 Å². The van der Waals surface area contributed by atoms with Crippen molar-refractivity contribution in [2.75, 3.05) is 42.5 Å². The Bertz CT molecular complexity index is 987. The van der Waals surface area contributed by atoms with Crippen LogP contribution in [-0.2, 0) is 15.8 Å². The molecule has 1 atom stereocenters. The Morgan fingerprint density at radius 3 is 2.39 bits per heavy atom. The average Bonchev–Trinajstić information content (AvgIpc) is 3.15. The molecule has 2 aliphatic rings. The summed E-state index contributed by atoms with van der Waals surface area (Å²) in [7, 11) is 0. The van der Waals surface area contributed by atoms with Crippen molar-refractivity contribution in [1.29, 1.82) is 0 Å². The molecule has 0 radical (unpaired) electrons. The van der Waals surface area contributed by atoms with Crippen molar-refractivity contribution in [1.82, 2.24) is 4.90 Å². The number of aromatic hydroxyl groups is 1. The van der Waals surface area contributed by atoms with E-state index in [1.54, 1.807) is 17.0 Å². The number of anilines is 2. The molecule has 2 aliphatic heterocycles. The van der Waals surface area contributed by atoms with Crippen LogP contribution in [0.1, 0.15) is 12.0 Å². The molecule has 0 aliphatic carbocycles. The lowest BCUT2D eigenvalue weighted by atomic mass is 10.1. The van der Waals surface area contributed by atoms with Gasteiger partial charge in [0.25, 0.3) is 0 Å². The largest absolute Gasteiger partial charge is 0.506 e. The van der Waals surface area contributed by atoms with Crippen LogP contribution in [0.5, 0.6) is 5.75 Å². The molecule has 0 aromatic heterocycles. The predicted molar refractivity (Wildman–Crippen MR) is 109 cm³/mol. The molecule has 9 heteroatoms. The second-order valence-electron chi connectivity index (χ2n) is 7.75. The van der Waals surface area contributed by atoms with E-state index in [0.717, 1.165) is 12.1 Å². The lowest BCUT2D eigenvalue weighted by molar-refractivity contribution is -0.137. The molecular weight excluding hydrogens is 411 g/mol. The van der Waals surface area contributed by atoms with Crippen molar-refractivity contribution in [3.05, 3.63) is 54.1 Å². The summed E-state index contributed by atoms with van der Waals surface area (Å²) in [6, 6.07) is 11.6. The number of hydrogen-bond acceptors (Lipinski definition) is 4. The second-order valence-corrected chi connectivity index (χ2v) is 7.75.